The van der Waals surface area contributed by atoms with E-state index in [1.54, 1.807) is 18.2 Å². The Morgan fingerprint density at radius 1 is 0.958 bits per heavy atom. The lowest BCUT2D eigenvalue weighted by Gasteiger charge is -2.10. The van der Waals surface area contributed by atoms with Gasteiger partial charge in [0.05, 0.1) is 5.56 Å². The third kappa shape index (κ3) is 5.27. The summed E-state index contributed by atoms with van der Waals surface area (Å²) in [6.07, 6.45) is -4.64. The predicted octanol–water partition coefficient (Wildman–Crippen LogP) is 3.02. The van der Waals surface area contributed by atoms with Crippen molar-refractivity contribution in [3.05, 3.63) is 60.2 Å². The molecule has 0 spiro atoms. The molecule has 0 aliphatic rings. The van der Waals surface area contributed by atoms with E-state index in [0.29, 0.717) is 6.07 Å². The van der Waals surface area contributed by atoms with Gasteiger partial charge in [-0.1, -0.05) is 24.3 Å². The second-order valence-electron chi connectivity index (χ2n) is 4.60. The Kier molecular flexibility index (Phi) is 5.13. The highest BCUT2D eigenvalue weighted by Gasteiger charge is 2.31. The molecule has 0 atom stereocenters. The van der Waals surface area contributed by atoms with Crippen molar-refractivity contribution in [2.75, 3.05) is 5.75 Å². The van der Waals surface area contributed by atoms with Gasteiger partial charge in [-0.3, -0.25) is 4.79 Å². The average molecular weight is 360 g/mol. The molecule has 0 aromatic heterocycles. The summed E-state index contributed by atoms with van der Waals surface area (Å²) >= 11 is 0. The summed E-state index contributed by atoms with van der Waals surface area (Å²) in [5.41, 5.74) is -1.07. The van der Waals surface area contributed by atoms with Gasteiger partial charge in [-0.15, -0.1) is 0 Å². The van der Waals surface area contributed by atoms with Gasteiger partial charge in [0.25, 0.3) is 0 Å². The molecule has 2 aromatic rings. The van der Waals surface area contributed by atoms with Gasteiger partial charge in [0.15, 0.2) is 5.75 Å². The Balaban J connectivity index is 2.05. The number of esters is 1. The normalized spacial score (nSPS) is 11.8. The van der Waals surface area contributed by atoms with Crippen LogP contribution in [0.4, 0.5) is 13.2 Å². The van der Waals surface area contributed by atoms with Gasteiger partial charge >= 0.3 is 22.3 Å². The maximum absolute atomic E-state index is 12.6. The number of carbonyl (C=O) groups excluding carboxylic acids is 1. The van der Waals surface area contributed by atoms with Crippen LogP contribution in [-0.4, -0.2) is 20.1 Å². The summed E-state index contributed by atoms with van der Waals surface area (Å²) in [6.45, 7) is 0. The van der Waals surface area contributed by atoms with Gasteiger partial charge in [0.1, 0.15) is 11.5 Å². The van der Waals surface area contributed by atoms with E-state index in [2.05, 4.69) is 4.18 Å². The first-order valence-corrected chi connectivity index (χ1v) is 8.09. The molecule has 128 valence electrons. The molecule has 0 saturated carbocycles. The number of carbonyl (C=O) groups is 1. The topological polar surface area (TPSA) is 69.7 Å². The van der Waals surface area contributed by atoms with Crippen LogP contribution in [0.1, 0.15) is 5.56 Å². The maximum atomic E-state index is 12.6. The van der Waals surface area contributed by atoms with Crippen LogP contribution < -0.4 is 8.92 Å². The number of alkyl halides is 3. The van der Waals surface area contributed by atoms with Gasteiger partial charge in [-0.25, -0.2) is 0 Å². The van der Waals surface area contributed by atoms with E-state index in [4.69, 9.17) is 4.74 Å². The number of halogens is 3. The Bertz CT molecular complexity index is 817. The lowest BCUT2D eigenvalue weighted by Crippen LogP contribution is -2.24. The highest BCUT2D eigenvalue weighted by Crippen LogP contribution is 2.31. The summed E-state index contributed by atoms with van der Waals surface area (Å²) < 4.78 is 70.5. The lowest BCUT2D eigenvalue weighted by atomic mass is 10.2. The third-order valence-corrected chi connectivity index (χ3v) is 3.69. The molecule has 0 heterocycles. The van der Waals surface area contributed by atoms with Crippen LogP contribution in [0.25, 0.3) is 0 Å². The van der Waals surface area contributed by atoms with Crippen molar-refractivity contribution in [2.45, 2.75) is 6.18 Å². The van der Waals surface area contributed by atoms with Crippen molar-refractivity contribution in [3.8, 4) is 11.5 Å². The zero-order valence-electron chi connectivity index (χ0n) is 12.0. The van der Waals surface area contributed by atoms with Crippen molar-refractivity contribution < 1.29 is 35.3 Å². The summed E-state index contributed by atoms with van der Waals surface area (Å²) in [7, 11) is -4.46. The van der Waals surface area contributed by atoms with E-state index in [0.717, 1.165) is 18.2 Å². The molecule has 0 saturated heterocycles. The van der Waals surface area contributed by atoms with Crippen molar-refractivity contribution >= 4 is 16.1 Å². The fourth-order valence-corrected chi connectivity index (χ4v) is 2.50. The van der Waals surface area contributed by atoms with Crippen molar-refractivity contribution in [3.63, 3.8) is 0 Å². The molecule has 5 nitrogen and oxygen atoms in total. The SMILES string of the molecule is O=C(CS(=O)(=O)Oc1cccc(C(F)(F)F)c1)Oc1ccccc1. The molecule has 0 aliphatic heterocycles. The molecule has 0 bridgehead atoms. The largest absolute Gasteiger partial charge is 0.426 e. The van der Waals surface area contributed by atoms with Crippen LogP contribution in [0.2, 0.25) is 0 Å². The van der Waals surface area contributed by atoms with Crippen LogP contribution >= 0.6 is 0 Å². The smallest absolute Gasteiger partial charge is 0.416 e. The Hall–Kier alpha value is -2.55. The number of benzene rings is 2. The number of para-hydroxylation sites is 1. The molecular formula is C15H11F3O5S. The predicted molar refractivity (Wildman–Crippen MR) is 77.9 cm³/mol. The zero-order valence-corrected chi connectivity index (χ0v) is 12.8. The number of hydrogen-bond donors (Lipinski definition) is 0. The zero-order chi connectivity index (χ0) is 17.8. The van der Waals surface area contributed by atoms with E-state index >= 15 is 0 Å². The van der Waals surface area contributed by atoms with E-state index in [-0.39, 0.29) is 5.75 Å². The summed E-state index contributed by atoms with van der Waals surface area (Å²) in [4.78, 5) is 11.6. The van der Waals surface area contributed by atoms with E-state index in [1.807, 2.05) is 0 Å². The van der Waals surface area contributed by atoms with Crippen LogP contribution in [0.15, 0.2) is 54.6 Å². The Morgan fingerprint density at radius 3 is 2.21 bits per heavy atom. The van der Waals surface area contributed by atoms with Gasteiger partial charge < -0.3 is 8.92 Å². The molecule has 0 fully saturated rings. The Morgan fingerprint density at radius 2 is 1.58 bits per heavy atom. The van der Waals surface area contributed by atoms with Gasteiger partial charge in [-0.05, 0) is 30.3 Å². The van der Waals surface area contributed by atoms with Crippen LogP contribution in [0.3, 0.4) is 0 Å². The van der Waals surface area contributed by atoms with Crippen LogP contribution in [0.5, 0.6) is 11.5 Å². The highest BCUT2D eigenvalue weighted by molar-refractivity contribution is 7.87. The molecule has 0 amide bonds. The standard InChI is InChI=1S/C15H11F3O5S/c16-15(17,18)11-5-4-8-13(9-11)23-24(20,21)10-14(19)22-12-6-2-1-3-7-12/h1-9H,10H2. The van der Waals surface area contributed by atoms with Crippen molar-refractivity contribution in [2.24, 2.45) is 0 Å². The molecular weight excluding hydrogens is 349 g/mol. The minimum atomic E-state index is -4.64. The molecule has 0 aliphatic carbocycles. The first kappa shape index (κ1) is 17.8. The summed E-state index contributed by atoms with van der Waals surface area (Å²) in [6, 6.07) is 11.0. The van der Waals surface area contributed by atoms with E-state index < -0.39 is 39.3 Å². The second-order valence-corrected chi connectivity index (χ2v) is 6.17. The van der Waals surface area contributed by atoms with Crippen LogP contribution in [-0.2, 0) is 21.1 Å². The van der Waals surface area contributed by atoms with Gasteiger partial charge in [0, 0.05) is 0 Å². The molecule has 2 rings (SSSR count). The molecule has 0 radical (unpaired) electrons. The summed E-state index contributed by atoms with van der Waals surface area (Å²) in [5, 5.41) is 0. The quantitative estimate of drug-likeness (QED) is 0.466. The first-order valence-electron chi connectivity index (χ1n) is 6.51. The summed E-state index contributed by atoms with van der Waals surface area (Å²) in [5.74, 6) is -2.67. The number of rotatable bonds is 5. The fraction of sp³-hybridized carbons (Fsp3) is 0.133. The molecule has 24 heavy (non-hydrogen) atoms. The molecule has 0 unspecified atom stereocenters. The fourth-order valence-electron chi connectivity index (χ4n) is 1.69. The van der Waals surface area contributed by atoms with Crippen LogP contribution in [0, 0.1) is 0 Å². The minimum Gasteiger partial charge on any atom is -0.426 e. The van der Waals surface area contributed by atoms with E-state index in [9.17, 15) is 26.4 Å². The van der Waals surface area contributed by atoms with E-state index in [1.165, 1.54) is 12.1 Å². The third-order valence-electron chi connectivity index (χ3n) is 2.65. The number of ether oxygens (including phenoxy) is 1. The lowest BCUT2D eigenvalue weighted by molar-refractivity contribution is -0.137. The maximum Gasteiger partial charge on any atom is 0.416 e. The first-order chi connectivity index (χ1) is 11.2. The van der Waals surface area contributed by atoms with Crippen molar-refractivity contribution in [1.82, 2.24) is 0 Å². The van der Waals surface area contributed by atoms with Crippen molar-refractivity contribution in [1.29, 1.82) is 0 Å². The molecule has 9 heteroatoms. The highest BCUT2D eigenvalue weighted by atomic mass is 32.2. The second kappa shape index (κ2) is 6.91. The van der Waals surface area contributed by atoms with Gasteiger partial charge in [-0.2, -0.15) is 21.6 Å². The number of hydrogen-bond acceptors (Lipinski definition) is 5. The molecule has 2 aromatic carbocycles. The Labute approximate surface area is 135 Å². The molecule has 0 N–H and O–H groups in total. The van der Waals surface area contributed by atoms with Gasteiger partial charge in [0.2, 0.25) is 0 Å². The average Bonchev–Trinajstić information content (AvgIpc) is 2.46. The minimum absolute atomic E-state index is 0.136. The monoisotopic (exact) mass is 360 g/mol.